The molecule has 0 saturated carbocycles. The van der Waals surface area contributed by atoms with Crippen molar-refractivity contribution in [1.82, 2.24) is 10.2 Å². The van der Waals surface area contributed by atoms with Crippen LogP contribution in [0.2, 0.25) is 0 Å². The van der Waals surface area contributed by atoms with Gasteiger partial charge in [-0.3, -0.25) is 9.89 Å². The van der Waals surface area contributed by atoms with Crippen molar-refractivity contribution in [3.05, 3.63) is 83.4 Å². The van der Waals surface area contributed by atoms with Gasteiger partial charge >= 0.3 is 18.9 Å². The molecular formula is C23H18LiN3O3. The normalized spacial score (nSPS) is 10.4. The molecule has 0 saturated heterocycles. The predicted molar refractivity (Wildman–Crippen MR) is 109 cm³/mol. The smallest absolute Gasteiger partial charge is 0.545 e. The number of carboxylic acids is 1. The molecular weight excluding hydrogens is 373 g/mol. The Morgan fingerprint density at radius 3 is 2.53 bits per heavy atom. The summed E-state index contributed by atoms with van der Waals surface area (Å²) in [5.41, 5.74) is 4.40. The molecule has 3 aromatic carbocycles. The molecule has 144 valence electrons. The van der Waals surface area contributed by atoms with E-state index in [9.17, 15) is 14.7 Å². The van der Waals surface area contributed by atoms with Crippen molar-refractivity contribution in [2.75, 3.05) is 5.32 Å². The van der Waals surface area contributed by atoms with E-state index in [0.717, 1.165) is 33.2 Å². The molecule has 2 N–H and O–H groups in total. The maximum atomic E-state index is 12.4. The first kappa shape index (κ1) is 21.4. The van der Waals surface area contributed by atoms with Crippen molar-refractivity contribution >= 4 is 28.6 Å². The van der Waals surface area contributed by atoms with Gasteiger partial charge < -0.3 is 15.2 Å². The number of H-pyrrole nitrogens is 1. The second-order valence-corrected chi connectivity index (χ2v) is 6.86. The zero-order valence-corrected chi connectivity index (χ0v) is 16.7. The largest absolute Gasteiger partial charge is 1.00 e. The summed E-state index contributed by atoms with van der Waals surface area (Å²) in [5.74, 6) is -0.938. The van der Waals surface area contributed by atoms with Gasteiger partial charge in [0.1, 0.15) is 0 Å². The molecule has 30 heavy (non-hydrogen) atoms. The quantitative estimate of drug-likeness (QED) is 0.471. The maximum absolute atomic E-state index is 12.4. The Kier molecular flexibility index (Phi) is 6.41. The molecule has 0 fully saturated rings. The first-order valence-corrected chi connectivity index (χ1v) is 9.15. The summed E-state index contributed by atoms with van der Waals surface area (Å²) in [7, 11) is 0. The number of carbonyl (C=O) groups excluding carboxylic acids is 2. The van der Waals surface area contributed by atoms with Crippen LogP contribution in [0, 0.1) is 6.92 Å². The summed E-state index contributed by atoms with van der Waals surface area (Å²) < 4.78 is 0. The molecule has 6 nitrogen and oxygen atoms in total. The number of fused-ring (bicyclic) bond motifs is 1. The number of carbonyl (C=O) groups is 2. The van der Waals surface area contributed by atoms with E-state index >= 15 is 0 Å². The number of rotatable bonds is 5. The van der Waals surface area contributed by atoms with E-state index in [0.29, 0.717) is 5.82 Å². The molecule has 1 aromatic heterocycles. The summed E-state index contributed by atoms with van der Waals surface area (Å²) in [6.45, 7) is 1.94. The van der Waals surface area contributed by atoms with Crippen LogP contribution in [-0.2, 0) is 11.2 Å². The number of aryl methyl sites for hydroxylation is 1. The van der Waals surface area contributed by atoms with Gasteiger partial charge in [0.2, 0.25) is 5.91 Å². The summed E-state index contributed by atoms with van der Waals surface area (Å²) in [5, 5.41) is 22.0. The minimum Gasteiger partial charge on any atom is -0.545 e. The molecule has 0 atom stereocenters. The van der Waals surface area contributed by atoms with Gasteiger partial charge in [0.25, 0.3) is 0 Å². The summed E-state index contributed by atoms with van der Waals surface area (Å²) in [6, 6.07) is 19.9. The number of aromatic nitrogens is 2. The number of aromatic carboxylic acids is 1. The third-order valence-electron chi connectivity index (χ3n) is 4.78. The molecule has 0 bridgehead atoms. The number of anilines is 1. The molecule has 7 heteroatoms. The van der Waals surface area contributed by atoms with Gasteiger partial charge in [-0.1, -0.05) is 48.5 Å². The van der Waals surface area contributed by atoms with Crippen LogP contribution in [-0.4, -0.2) is 22.1 Å². The second-order valence-electron chi connectivity index (χ2n) is 6.86. The van der Waals surface area contributed by atoms with Gasteiger partial charge in [0, 0.05) is 5.39 Å². The van der Waals surface area contributed by atoms with Gasteiger partial charge in [0.05, 0.1) is 17.9 Å². The molecule has 0 spiro atoms. The van der Waals surface area contributed by atoms with Crippen molar-refractivity contribution < 1.29 is 33.6 Å². The number of benzene rings is 3. The number of amides is 1. The molecule has 1 heterocycles. The Bertz CT molecular complexity index is 1220. The van der Waals surface area contributed by atoms with E-state index in [4.69, 9.17) is 0 Å². The van der Waals surface area contributed by atoms with Gasteiger partial charge in [-0.2, -0.15) is 5.10 Å². The Labute approximate surface area is 185 Å². The number of nitrogens with zero attached hydrogens (tertiary/aromatic N) is 1. The number of hydrogen-bond donors (Lipinski definition) is 2. The van der Waals surface area contributed by atoms with Gasteiger partial charge in [-0.05, 0) is 52.9 Å². The third kappa shape index (κ3) is 4.46. The Morgan fingerprint density at radius 1 is 1.03 bits per heavy atom. The fraction of sp³-hybridized carbons (Fsp3) is 0.0870. The van der Waals surface area contributed by atoms with Crippen LogP contribution in [0.3, 0.4) is 0 Å². The fourth-order valence-electron chi connectivity index (χ4n) is 3.35. The summed E-state index contributed by atoms with van der Waals surface area (Å²) >= 11 is 0. The Morgan fingerprint density at radius 2 is 1.80 bits per heavy atom. The van der Waals surface area contributed by atoms with Gasteiger partial charge in [-0.15, -0.1) is 0 Å². The number of carboxylic acid groups (broad SMARTS) is 1. The molecule has 0 radical (unpaired) electrons. The fourth-order valence-corrected chi connectivity index (χ4v) is 3.35. The SMILES string of the molecule is Cc1cc2[nH]nc(NC(=O)Cc3ccccc3)c2cc1-c1cccc(C(=O)[O-])c1.[Li+]. The zero-order chi connectivity index (χ0) is 20.4. The van der Waals surface area contributed by atoms with E-state index in [1.54, 1.807) is 12.1 Å². The first-order valence-electron chi connectivity index (χ1n) is 9.15. The van der Waals surface area contributed by atoms with E-state index in [-0.39, 0.29) is 36.8 Å². The third-order valence-corrected chi connectivity index (χ3v) is 4.78. The van der Waals surface area contributed by atoms with Crippen LogP contribution in [0.5, 0.6) is 0 Å². The molecule has 1 amide bonds. The number of nitrogens with one attached hydrogen (secondary N) is 2. The predicted octanol–water partition coefficient (Wildman–Crippen LogP) is 0.0870. The van der Waals surface area contributed by atoms with Gasteiger partial charge in [0.15, 0.2) is 5.82 Å². The van der Waals surface area contributed by atoms with Crippen LogP contribution in [0.4, 0.5) is 5.82 Å². The Hall–Kier alpha value is -3.33. The van der Waals surface area contributed by atoms with E-state index < -0.39 is 5.97 Å². The number of aromatic amines is 1. The number of hydrogen-bond acceptors (Lipinski definition) is 4. The van der Waals surface area contributed by atoms with Crippen molar-refractivity contribution in [3.8, 4) is 11.1 Å². The minimum absolute atomic E-state index is 0. The monoisotopic (exact) mass is 391 g/mol. The zero-order valence-electron chi connectivity index (χ0n) is 16.7. The second kappa shape index (κ2) is 9.00. The van der Waals surface area contributed by atoms with E-state index in [1.165, 1.54) is 6.07 Å². The van der Waals surface area contributed by atoms with Gasteiger partial charge in [-0.25, -0.2) is 0 Å². The van der Waals surface area contributed by atoms with Crippen molar-refractivity contribution in [1.29, 1.82) is 0 Å². The molecule has 0 aliphatic heterocycles. The van der Waals surface area contributed by atoms with Crippen molar-refractivity contribution in [3.63, 3.8) is 0 Å². The molecule has 0 unspecified atom stereocenters. The van der Waals surface area contributed by atoms with Crippen LogP contribution in [0.25, 0.3) is 22.0 Å². The van der Waals surface area contributed by atoms with Crippen LogP contribution in [0.15, 0.2) is 66.7 Å². The Balaban J connectivity index is 0.00000256. The standard InChI is InChI=1S/C23H19N3O3.Li/c1-14-10-20-19(13-18(14)16-8-5-9-17(12-16)23(28)29)22(26-25-20)24-21(27)11-15-6-3-2-4-7-15;/h2-10,12-13H,11H2,1H3,(H,28,29)(H2,24,25,26,27);/q;+1/p-1. The average molecular weight is 391 g/mol. The molecule has 4 rings (SSSR count). The van der Waals surface area contributed by atoms with E-state index in [2.05, 4.69) is 15.5 Å². The molecule has 0 aliphatic carbocycles. The van der Waals surface area contributed by atoms with Crippen molar-refractivity contribution in [2.45, 2.75) is 13.3 Å². The van der Waals surface area contributed by atoms with E-state index in [1.807, 2.05) is 55.5 Å². The first-order chi connectivity index (χ1) is 14.0. The topological polar surface area (TPSA) is 97.9 Å². The summed E-state index contributed by atoms with van der Waals surface area (Å²) in [6.07, 6.45) is 0.252. The maximum Gasteiger partial charge on any atom is 1.00 e. The van der Waals surface area contributed by atoms with Crippen LogP contribution in [0.1, 0.15) is 21.5 Å². The van der Waals surface area contributed by atoms with Crippen molar-refractivity contribution in [2.24, 2.45) is 0 Å². The summed E-state index contributed by atoms with van der Waals surface area (Å²) in [4.78, 5) is 23.6. The van der Waals surface area contributed by atoms with Crippen LogP contribution >= 0.6 is 0 Å². The average Bonchev–Trinajstić information content (AvgIpc) is 3.09. The molecule has 0 aliphatic rings. The molecule has 4 aromatic rings. The van der Waals surface area contributed by atoms with Crippen LogP contribution < -0.4 is 29.3 Å². The minimum atomic E-state index is -1.22.